The van der Waals surface area contributed by atoms with Gasteiger partial charge in [-0.15, -0.1) is 5.10 Å². The van der Waals surface area contributed by atoms with Gasteiger partial charge in [0, 0.05) is 24.6 Å². The van der Waals surface area contributed by atoms with Crippen LogP contribution >= 0.6 is 0 Å². The Morgan fingerprint density at radius 2 is 1.71 bits per heavy atom. The number of para-hydroxylation sites is 1. The molecule has 24 heavy (non-hydrogen) atoms. The molecular weight excluding hydrogens is 303 g/mol. The largest absolute Gasteiger partial charge is 0.383 e. The Morgan fingerprint density at radius 1 is 1.04 bits per heavy atom. The van der Waals surface area contributed by atoms with Crippen LogP contribution in [0.2, 0.25) is 0 Å². The van der Waals surface area contributed by atoms with Crippen molar-refractivity contribution in [3.63, 3.8) is 0 Å². The molecule has 5 heteroatoms. The second-order valence-electron chi connectivity index (χ2n) is 6.23. The molecule has 1 saturated heterocycles. The third kappa shape index (κ3) is 2.42. The molecule has 122 valence electrons. The zero-order valence-electron chi connectivity index (χ0n) is 13.5. The Bertz CT molecular complexity index is 849. The van der Waals surface area contributed by atoms with Gasteiger partial charge in [-0.2, -0.15) is 0 Å². The molecule has 4 nitrogen and oxygen atoms in total. The maximum atomic E-state index is 13.0. The summed E-state index contributed by atoms with van der Waals surface area (Å²) in [5.74, 6) is 1.81. The number of benzene rings is 2. The Balaban J connectivity index is 1.55. The van der Waals surface area contributed by atoms with Crippen LogP contribution in [0, 0.1) is 12.7 Å². The molecule has 1 fully saturated rings. The van der Waals surface area contributed by atoms with Gasteiger partial charge in [0.05, 0.1) is 5.69 Å². The fourth-order valence-electron chi connectivity index (χ4n) is 3.16. The Morgan fingerprint density at radius 3 is 2.38 bits per heavy atom. The van der Waals surface area contributed by atoms with E-state index in [-0.39, 0.29) is 5.82 Å². The molecule has 0 saturated carbocycles. The third-order valence-electron chi connectivity index (χ3n) is 4.67. The number of nitrogens with two attached hydrogens (primary N) is 1. The summed E-state index contributed by atoms with van der Waals surface area (Å²) in [7, 11) is 0. The molecular formula is C19H19FN4. The van der Waals surface area contributed by atoms with Crippen LogP contribution in [-0.4, -0.2) is 22.9 Å². The summed E-state index contributed by atoms with van der Waals surface area (Å²) in [5, 5.41) is 4.70. The van der Waals surface area contributed by atoms with Gasteiger partial charge >= 0.3 is 0 Å². The van der Waals surface area contributed by atoms with Crippen molar-refractivity contribution in [1.82, 2.24) is 9.78 Å². The summed E-state index contributed by atoms with van der Waals surface area (Å²) in [4.78, 5) is 2.22. The van der Waals surface area contributed by atoms with Crippen molar-refractivity contribution in [3.8, 4) is 5.69 Å². The van der Waals surface area contributed by atoms with Crippen molar-refractivity contribution in [1.29, 1.82) is 0 Å². The summed E-state index contributed by atoms with van der Waals surface area (Å²) in [6, 6.07) is 16.7. The molecule has 1 aromatic heterocycles. The van der Waals surface area contributed by atoms with Gasteiger partial charge < -0.3 is 10.6 Å². The second-order valence-corrected chi connectivity index (χ2v) is 6.23. The SMILES string of the molecule is Cc1c(N2CC(c3ccc(F)cc3)C2)nn(-c2ccccc2)c1N. The lowest BCUT2D eigenvalue weighted by Crippen LogP contribution is -2.45. The first-order valence-electron chi connectivity index (χ1n) is 8.04. The van der Waals surface area contributed by atoms with E-state index in [2.05, 4.69) is 4.90 Å². The molecule has 1 aliphatic heterocycles. The molecule has 4 rings (SSSR count). The van der Waals surface area contributed by atoms with Gasteiger partial charge in [-0.25, -0.2) is 9.07 Å². The topological polar surface area (TPSA) is 47.1 Å². The van der Waals surface area contributed by atoms with Gasteiger partial charge in [0.25, 0.3) is 0 Å². The highest BCUT2D eigenvalue weighted by molar-refractivity contribution is 5.62. The standard InChI is InChI=1S/C19H19FN4/c1-13-18(21)24(17-5-3-2-4-6-17)22-19(13)23-11-15(12-23)14-7-9-16(20)10-8-14/h2-10,15H,11-12,21H2,1H3. The lowest BCUT2D eigenvalue weighted by atomic mass is 9.91. The summed E-state index contributed by atoms with van der Waals surface area (Å²) < 4.78 is 14.8. The predicted octanol–water partition coefficient (Wildman–Crippen LogP) is 3.51. The third-order valence-corrected chi connectivity index (χ3v) is 4.67. The highest BCUT2D eigenvalue weighted by atomic mass is 19.1. The zero-order chi connectivity index (χ0) is 16.7. The highest BCUT2D eigenvalue weighted by Gasteiger charge is 2.31. The van der Waals surface area contributed by atoms with Gasteiger partial charge in [-0.05, 0) is 36.8 Å². The Kier molecular flexibility index (Phi) is 3.49. The van der Waals surface area contributed by atoms with E-state index in [4.69, 9.17) is 10.8 Å². The molecule has 1 aliphatic rings. The van der Waals surface area contributed by atoms with Crippen molar-refractivity contribution in [2.45, 2.75) is 12.8 Å². The molecule has 0 unspecified atom stereocenters. The van der Waals surface area contributed by atoms with Gasteiger partial charge in [-0.1, -0.05) is 30.3 Å². The molecule has 2 aromatic carbocycles. The minimum Gasteiger partial charge on any atom is -0.383 e. The first-order chi connectivity index (χ1) is 11.6. The quantitative estimate of drug-likeness (QED) is 0.803. The average Bonchev–Trinajstić information content (AvgIpc) is 2.85. The number of rotatable bonds is 3. The van der Waals surface area contributed by atoms with E-state index in [1.165, 1.54) is 17.7 Å². The maximum absolute atomic E-state index is 13.0. The summed E-state index contributed by atoms with van der Waals surface area (Å²) in [5.41, 5.74) is 9.37. The molecule has 0 spiro atoms. The fourth-order valence-corrected chi connectivity index (χ4v) is 3.16. The zero-order valence-corrected chi connectivity index (χ0v) is 13.5. The van der Waals surface area contributed by atoms with Gasteiger partial charge in [-0.3, -0.25) is 0 Å². The van der Waals surface area contributed by atoms with E-state index in [0.29, 0.717) is 11.7 Å². The van der Waals surface area contributed by atoms with E-state index in [0.717, 1.165) is 30.2 Å². The van der Waals surface area contributed by atoms with Crippen molar-refractivity contribution < 1.29 is 4.39 Å². The number of nitrogen functional groups attached to an aromatic ring is 1. The number of aromatic nitrogens is 2. The average molecular weight is 322 g/mol. The summed E-state index contributed by atoms with van der Waals surface area (Å²) >= 11 is 0. The van der Waals surface area contributed by atoms with Crippen molar-refractivity contribution in [3.05, 3.63) is 71.5 Å². The lowest BCUT2D eigenvalue weighted by molar-refractivity contribution is 0.516. The van der Waals surface area contributed by atoms with Crippen LogP contribution in [0.3, 0.4) is 0 Å². The number of hydrogen-bond acceptors (Lipinski definition) is 3. The van der Waals surface area contributed by atoms with Crippen LogP contribution in [0.4, 0.5) is 16.0 Å². The molecule has 0 atom stereocenters. The predicted molar refractivity (Wildman–Crippen MR) is 94.1 cm³/mol. The van der Waals surface area contributed by atoms with Crippen LogP contribution in [0.15, 0.2) is 54.6 Å². The summed E-state index contributed by atoms with van der Waals surface area (Å²) in [6.07, 6.45) is 0. The van der Waals surface area contributed by atoms with Gasteiger partial charge in [0.2, 0.25) is 0 Å². The lowest BCUT2D eigenvalue weighted by Gasteiger charge is -2.40. The molecule has 3 aromatic rings. The molecule has 0 aliphatic carbocycles. The van der Waals surface area contributed by atoms with E-state index < -0.39 is 0 Å². The first kappa shape index (κ1) is 14.8. The molecule has 2 heterocycles. The smallest absolute Gasteiger partial charge is 0.156 e. The van der Waals surface area contributed by atoms with Gasteiger partial charge in [0.15, 0.2) is 5.82 Å². The second kappa shape index (κ2) is 5.67. The fraction of sp³-hybridized carbons (Fsp3) is 0.211. The van der Waals surface area contributed by atoms with E-state index in [1.807, 2.05) is 49.4 Å². The number of anilines is 2. The van der Waals surface area contributed by atoms with Crippen LogP contribution in [0.1, 0.15) is 17.0 Å². The van der Waals surface area contributed by atoms with Crippen LogP contribution in [0.25, 0.3) is 5.69 Å². The summed E-state index contributed by atoms with van der Waals surface area (Å²) in [6.45, 7) is 3.75. The van der Waals surface area contributed by atoms with E-state index in [1.54, 1.807) is 4.68 Å². The first-order valence-corrected chi connectivity index (χ1v) is 8.04. The van der Waals surface area contributed by atoms with Crippen molar-refractivity contribution in [2.24, 2.45) is 0 Å². The van der Waals surface area contributed by atoms with Crippen LogP contribution in [-0.2, 0) is 0 Å². The van der Waals surface area contributed by atoms with E-state index >= 15 is 0 Å². The van der Waals surface area contributed by atoms with Crippen LogP contribution in [0.5, 0.6) is 0 Å². The number of halogens is 1. The maximum Gasteiger partial charge on any atom is 0.156 e. The Hall–Kier alpha value is -2.82. The van der Waals surface area contributed by atoms with Crippen molar-refractivity contribution >= 4 is 11.6 Å². The molecule has 0 radical (unpaired) electrons. The minimum atomic E-state index is -0.194. The Labute approximate surface area is 140 Å². The molecule has 0 bridgehead atoms. The highest BCUT2D eigenvalue weighted by Crippen LogP contribution is 2.35. The monoisotopic (exact) mass is 322 g/mol. The van der Waals surface area contributed by atoms with Gasteiger partial charge in [0.1, 0.15) is 11.6 Å². The van der Waals surface area contributed by atoms with Crippen molar-refractivity contribution in [2.75, 3.05) is 23.7 Å². The molecule has 2 N–H and O–H groups in total. The molecule has 0 amide bonds. The van der Waals surface area contributed by atoms with Crippen LogP contribution < -0.4 is 10.6 Å². The normalized spacial score (nSPS) is 14.7. The minimum absolute atomic E-state index is 0.194. The van der Waals surface area contributed by atoms with E-state index in [9.17, 15) is 4.39 Å². The number of nitrogens with zero attached hydrogens (tertiary/aromatic N) is 3. The number of hydrogen-bond donors (Lipinski definition) is 1.